The Morgan fingerprint density at radius 1 is 1.62 bits per heavy atom. The van der Waals surface area contributed by atoms with Gasteiger partial charge in [-0.2, -0.15) is 5.26 Å². The summed E-state index contributed by atoms with van der Waals surface area (Å²) >= 11 is 0. The van der Waals surface area contributed by atoms with Crippen molar-refractivity contribution in [3.8, 4) is 6.07 Å². The number of nitriles is 1. The summed E-state index contributed by atoms with van der Waals surface area (Å²) in [4.78, 5) is 10.9. The van der Waals surface area contributed by atoms with E-state index in [4.69, 9.17) is 5.26 Å². The average molecular weight is 183 g/mol. The third kappa shape index (κ3) is 7.29. The van der Waals surface area contributed by atoms with Gasteiger partial charge in [0.05, 0.1) is 12.6 Å². The molecule has 0 aromatic heterocycles. The number of hydrogen-bond acceptors (Lipinski definition) is 3. The van der Waals surface area contributed by atoms with E-state index in [2.05, 4.69) is 24.5 Å². The van der Waals surface area contributed by atoms with Gasteiger partial charge in [-0.3, -0.25) is 4.79 Å². The lowest BCUT2D eigenvalue weighted by molar-refractivity contribution is -0.120. The van der Waals surface area contributed by atoms with Gasteiger partial charge in [-0.1, -0.05) is 20.3 Å². The van der Waals surface area contributed by atoms with E-state index in [-0.39, 0.29) is 12.5 Å². The number of hydrogen-bond donors (Lipinski definition) is 2. The Bertz CT molecular complexity index is 186. The van der Waals surface area contributed by atoms with Gasteiger partial charge in [0.15, 0.2) is 0 Å². The van der Waals surface area contributed by atoms with Crippen LogP contribution in [0.2, 0.25) is 0 Å². The van der Waals surface area contributed by atoms with E-state index in [0.717, 1.165) is 13.0 Å². The standard InChI is InChI=1S/C9H17N3O/c1-3-8(2)6-11-7-9(13)12-5-4-10/h8,11H,3,5-7H2,1-2H3,(H,12,13). The lowest BCUT2D eigenvalue weighted by Gasteiger charge is -2.08. The van der Waals surface area contributed by atoms with Crippen molar-refractivity contribution in [2.24, 2.45) is 5.92 Å². The number of rotatable bonds is 6. The Labute approximate surface area is 79.3 Å². The summed E-state index contributed by atoms with van der Waals surface area (Å²) in [6.45, 7) is 5.47. The summed E-state index contributed by atoms with van der Waals surface area (Å²) in [5.41, 5.74) is 0. The Morgan fingerprint density at radius 2 is 2.31 bits per heavy atom. The van der Waals surface area contributed by atoms with E-state index < -0.39 is 0 Å². The van der Waals surface area contributed by atoms with Crippen LogP contribution < -0.4 is 10.6 Å². The third-order valence-electron chi connectivity index (χ3n) is 1.84. The Hall–Kier alpha value is -1.08. The topological polar surface area (TPSA) is 64.9 Å². The van der Waals surface area contributed by atoms with Crippen LogP contribution in [0.3, 0.4) is 0 Å². The predicted octanol–water partition coefficient (Wildman–Crippen LogP) is 0.262. The smallest absolute Gasteiger partial charge is 0.234 e. The number of nitrogens with one attached hydrogen (secondary N) is 2. The molecule has 0 aliphatic rings. The highest BCUT2D eigenvalue weighted by atomic mass is 16.1. The summed E-state index contributed by atoms with van der Waals surface area (Å²) in [6.07, 6.45) is 1.10. The zero-order valence-corrected chi connectivity index (χ0v) is 8.26. The zero-order valence-electron chi connectivity index (χ0n) is 8.26. The van der Waals surface area contributed by atoms with Crippen LogP contribution in [0, 0.1) is 17.2 Å². The van der Waals surface area contributed by atoms with Gasteiger partial charge in [-0.15, -0.1) is 0 Å². The Kier molecular flexibility index (Phi) is 6.93. The molecular formula is C9H17N3O. The van der Waals surface area contributed by atoms with Crippen molar-refractivity contribution >= 4 is 5.91 Å². The predicted molar refractivity (Wildman–Crippen MR) is 50.9 cm³/mol. The van der Waals surface area contributed by atoms with E-state index in [9.17, 15) is 4.79 Å². The van der Waals surface area contributed by atoms with E-state index in [1.54, 1.807) is 0 Å². The van der Waals surface area contributed by atoms with Gasteiger partial charge in [-0.25, -0.2) is 0 Å². The molecule has 13 heavy (non-hydrogen) atoms. The molecule has 0 saturated heterocycles. The van der Waals surface area contributed by atoms with Crippen LogP contribution >= 0.6 is 0 Å². The quantitative estimate of drug-likeness (QED) is 0.581. The molecule has 4 heteroatoms. The molecule has 0 bridgehead atoms. The normalized spacial score (nSPS) is 11.8. The van der Waals surface area contributed by atoms with Gasteiger partial charge in [0.2, 0.25) is 5.91 Å². The SMILES string of the molecule is CCC(C)CNCC(=O)NCC#N. The summed E-state index contributed by atoms with van der Waals surface area (Å²) in [5.74, 6) is 0.466. The minimum absolute atomic E-state index is 0.0871. The van der Waals surface area contributed by atoms with Crippen molar-refractivity contribution in [1.29, 1.82) is 5.26 Å². The van der Waals surface area contributed by atoms with Crippen molar-refractivity contribution < 1.29 is 4.79 Å². The molecule has 0 aromatic rings. The summed E-state index contributed by atoms with van der Waals surface area (Å²) < 4.78 is 0. The highest BCUT2D eigenvalue weighted by Gasteiger charge is 2.01. The maximum atomic E-state index is 10.9. The number of carbonyl (C=O) groups is 1. The summed E-state index contributed by atoms with van der Waals surface area (Å²) in [5, 5.41) is 13.7. The summed E-state index contributed by atoms with van der Waals surface area (Å²) in [6, 6.07) is 1.85. The molecule has 1 amide bonds. The second-order valence-electron chi connectivity index (χ2n) is 3.08. The maximum Gasteiger partial charge on any atom is 0.234 e. The van der Waals surface area contributed by atoms with E-state index in [1.807, 2.05) is 6.07 Å². The molecule has 0 radical (unpaired) electrons. The van der Waals surface area contributed by atoms with Gasteiger partial charge >= 0.3 is 0 Å². The van der Waals surface area contributed by atoms with Crippen LogP contribution in [0.1, 0.15) is 20.3 Å². The molecule has 0 rings (SSSR count). The van der Waals surface area contributed by atoms with Crippen molar-refractivity contribution in [1.82, 2.24) is 10.6 Å². The molecule has 0 aromatic carbocycles. The van der Waals surface area contributed by atoms with E-state index >= 15 is 0 Å². The molecule has 2 N–H and O–H groups in total. The molecule has 1 atom stereocenters. The van der Waals surface area contributed by atoms with Crippen LogP contribution in [0.4, 0.5) is 0 Å². The fourth-order valence-electron chi connectivity index (χ4n) is 0.777. The minimum atomic E-state index is -0.121. The molecule has 0 saturated carbocycles. The first-order chi connectivity index (χ1) is 6.20. The van der Waals surface area contributed by atoms with Crippen molar-refractivity contribution in [2.75, 3.05) is 19.6 Å². The minimum Gasteiger partial charge on any atom is -0.342 e. The second-order valence-corrected chi connectivity index (χ2v) is 3.08. The molecule has 74 valence electrons. The van der Waals surface area contributed by atoms with Gasteiger partial charge in [-0.05, 0) is 12.5 Å². The lowest BCUT2D eigenvalue weighted by atomic mass is 10.1. The second kappa shape index (κ2) is 7.56. The van der Waals surface area contributed by atoms with Gasteiger partial charge < -0.3 is 10.6 Å². The first-order valence-electron chi connectivity index (χ1n) is 4.55. The fraction of sp³-hybridized carbons (Fsp3) is 0.778. The molecule has 0 aliphatic heterocycles. The van der Waals surface area contributed by atoms with Crippen LogP contribution in [0.25, 0.3) is 0 Å². The fourth-order valence-corrected chi connectivity index (χ4v) is 0.777. The molecule has 0 heterocycles. The van der Waals surface area contributed by atoms with E-state index in [1.165, 1.54) is 0 Å². The zero-order chi connectivity index (χ0) is 10.1. The lowest BCUT2D eigenvalue weighted by Crippen LogP contribution is -2.35. The van der Waals surface area contributed by atoms with Gasteiger partial charge in [0.1, 0.15) is 6.54 Å². The van der Waals surface area contributed by atoms with Crippen LogP contribution in [-0.4, -0.2) is 25.5 Å². The first kappa shape index (κ1) is 11.9. The molecule has 0 aliphatic carbocycles. The molecule has 0 fully saturated rings. The number of amides is 1. The third-order valence-corrected chi connectivity index (χ3v) is 1.84. The van der Waals surface area contributed by atoms with Crippen molar-refractivity contribution in [3.05, 3.63) is 0 Å². The molecule has 4 nitrogen and oxygen atoms in total. The summed E-state index contributed by atoms with van der Waals surface area (Å²) in [7, 11) is 0. The highest BCUT2D eigenvalue weighted by molar-refractivity contribution is 5.78. The van der Waals surface area contributed by atoms with Crippen LogP contribution in [0.5, 0.6) is 0 Å². The largest absolute Gasteiger partial charge is 0.342 e. The van der Waals surface area contributed by atoms with Gasteiger partial charge in [0.25, 0.3) is 0 Å². The first-order valence-corrected chi connectivity index (χ1v) is 4.55. The maximum absolute atomic E-state index is 10.9. The molecule has 0 spiro atoms. The monoisotopic (exact) mass is 183 g/mol. The van der Waals surface area contributed by atoms with Crippen LogP contribution in [-0.2, 0) is 4.79 Å². The Balaban J connectivity index is 3.32. The average Bonchev–Trinajstić information content (AvgIpc) is 2.14. The van der Waals surface area contributed by atoms with Crippen LogP contribution in [0.15, 0.2) is 0 Å². The molecular weight excluding hydrogens is 166 g/mol. The number of nitrogens with zero attached hydrogens (tertiary/aromatic N) is 1. The van der Waals surface area contributed by atoms with E-state index in [0.29, 0.717) is 12.5 Å². The highest BCUT2D eigenvalue weighted by Crippen LogP contribution is 1.96. The number of carbonyl (C=O) groups excluding carboxylic acids is 1. The van der Waals surface area contributed by atoms with Gasteiger partial charge in [0, 0.05) is 0 Å². The Morgan fingerprint density at radius 3 is 2.85 bits per heavy atom. The molecule has 1 unspecified atom stereocenters. The van der Waals surface area contributed by atoms with Crippen molar-refractivity contribution in [3.63, 3.8) is 0 Å². The van der Waals surface area contributed by atoms with Crippen molar-refractivity contribution in [2.45, 2.75) is 20.3 Å².